The molecule has 134 valence electrons. The van der Waals surface area contributed by atoms with E-state index in [0.717, 1.165) is 5.56 Å². The molecule has 2 atom stereocenters. The van der Waals surface area contributed by atoms with Crippen molar-refractivity contribution >= 4 is 5.91 Å². The molecule has 1 aromatic carbocycles. The fourth-order valence-electron chi connectivity index (χ4n) is 3.23. The average molecular weight is 341 g/mol. The molecule has 0 spiro atoms. The van der Waals surface area contributed by atoms with Crippen molar-refractivity contribution in [1.29, 1.82) is 0 Å². The first-order chi connectivity index (χ1) is 12.0. The third-order valence-electron chi connectivity index (χ3n) is 4.71. The molecule has 0 aliphatic carbocycles. The Labute approximate surface area is 149 Å². The van der Waals surface area contributed by atoms with Crippen LogP contribution in [-0.2, 0) is 4.74 Å². The van der Waals surface area contributed by atoms with E-state index in [1.165, 1.54) is 0 Å². The molecule has 3 rings (SSSR count). The van der Waals surface area contributed by atoms with Crippen molar-refractivity contribution in [3.63, 3.8) is 0 Å². The van der Waals surface area contributed by atoms with E-state index < -0.39 is 0 Å². The Morgan fingerprint density at radius 2 is 1.84 bits per heavy atom. The van der Waals surface area contributed by atoms with Crippen LogP contribution in [0, 0.1) is 5.92 Å². The molecule has 2 aromatic rings. The quantitative estimate of drug-likeness (QED) is 0.852. The molecule has 1 amide bonds. The van der Waals surface area contributed by atoms with Crippen LogP contribution in [0.1, 0.15) is 55.9 Å². The molecular formula is C20H27N3O2. The van der Waals surface area contributed by atoms with Crippen LogP contribution in [0.3, 0.4) is 0 Å². The largest absolute Gasteiger partial charge is 0.366 e. The first kappa shape index (κ1) is 17.7. The number of hydrogen-bond donors (Lipinski definition) is 0. The molecule has 0 saturated carbocycles. The monoisotopic (exact) mass is 341 g/mol. The highest BCUT2D eigenvalue weighted by atomic mass is 16.5. The normalized spacial score (nSPS) is 21.1. The molecule has 25 heavy (non-hydrogen) atoms. The number of aromatic nitrogens is 2. The van der Waals surface area contributed by atoms with Crippen LogP contribution >= 0.6 is 0 Å². The highest BCUT2D eigenvalue weighted by Gasteiger charge is 2.34. The van der Waals surface area contributed by atoms with Crippen molar-refractivity contribution < 1.29 is 9.53 Å². The number of amides is 1. The van der Waals surface area contributed by atoms with Gasteiger partial charge in [0.2, 0.25) is 0 Å². The first-order valence-electron chi connectivity index (χ1n) is 9.00. The van der Waals surface area contributed by atoms with Crippen molar-refractivity contribution in [3.8, 4) is 0 Å². The average Bonchev–Trinajstić information content (AvgIpc) is 3.11. The summed E-state index contributed by atoms with van der Waals surface area (Å²) in [4.78, 5) is 15.1. The summed E-state index contributed by atoms with van der Waals surface area (Å²) in [6.07, 6.45) is 1.63. The summed E-state index contributed by atoms with van der Waals surface area (Å²) >= 11 is 0. The summed E-state index contributed by atoms with van der Waals surface area (Å²) in [6.45, 7) is 9.52. The molecule has 1 aliphatic heterocycles. The van der Waals surface area contributed by atoms with Crippen molar-refractivity contribution in [3.05, 3.63) is 53.9 Å². The van der Waals surface area contributed by atoms with E-state index in [9.17, 15) is 4.79 Å². The minimum atomic E-state index is -0.0956. The minimum absolute atomic E-state index is 0.0262. The summed E-state index contributed by atoms with van der Waals surface area (Å²) in [5.41, 5.74) is 1.76. The molecular weight excluding hydrogens is 314 g/mol. The molecule has 1 aliphatic rings. The second-order valence-corrected chi connectivity index (χ2v) is 7.28. The van der Waals surface area contributed by atoms with Crippen LogP contribution in [0.25, 0.3) is 0 Å². The van der Waals surface area contributed by atoms with Gasteiger partial charge in [-0.3, -0.25) is 9.48 Å². The lowest BCUT2D eigenvalue weighted by Crippen LogP contribution is -2.49. The van der Waals surface area contributed by atoms with E-state index in [1.807, 2.05) is 36.9 Å². The summed E-state index contributed by atoms with van der Waals surface area (Å²) in [5.74, 6) is 0.373. The highest BCUT2D eigenvalue weighted by Crippen LogP contribution is 2.29. The zero-order valence-electron chi connectivity index (χ0n) is 15.4. The Hall–Kier alpha value is -2.14. The molecule has 5 nitrogen and oxygen atoms in total. The van der Waals surface area contributed by atoms with Crippen LogP contribution in [0.15, 0.2) is 42.6 Å². The van der Waals surface area contributed by atoms with Gasteiger partial charge < -0.3 is 9.64 Å². The van der Waals surface area contributed by atoms with Gasteiger partial charge in [0.1, 0.15) is 11.8 Å². The fraction of sp³-hybridized carbons (Fsp3) is 0.500. The van der Waals surface area contributed by atoms with Crippen molar-refractivity contribution in [1.82, 2.24) is 14.7 Å². The van der Waals surface area contributed by atoms with Crippen molar-refractivity contribution in [2.24, 2.45) is 5.92 Å². The third-order valence-corrected chi connectivity index (χ3v) is 4.71. The van der Waals surface area contributed by atoms with Gasteiger partial charge in [-0.15, -0.1) is 0 Å². The van der Waals surface area contributed by atoms with Gasteiger partial charge in [0.05, 0.1) is 12.6 Å². The van der Waals surface area contributed by atoms with Gasteiger partial charge in [-0.1, -0.05) is 44.2 Å². The van der Waals surface area contributed by atoms with Crippen molar-refractivity contribution in [2.45, 2.75) is 45.9 Å². The van der Waals surface area contributed by atoms with Gasteiger partial charge in [0.15, 0.2) is 0 Å². The second-order valence-electron chi connectivity index (χ2n) is 7.28. The van der Waals surface area contributed by atoms with Gasteiger partial charge in [0, 0.05) is 18.8 Å². The lowest BCUT2D eigenvalue weighted by Gasteiger charge is -2.40. The molecule has 0 N–H and O–H groups in total. The number of hydrogen-bond acceptors (Lipinski definition) is 3. The molecule has 0 radical (unpaired) electrons. The Morgan fingerprint density at radius 3 is 2.48 bits per heavy atom. The maximum atomic E-state index is 13.1. The topological polar surface area (TPSA) is 47.4 Å². The fourth-order valence-corrected chi connectivity index (χ4v) is 3.23. The lowest BCUT2D eigenvalue weighted by molar-refractivity contribution is -0.0956. The predicted molar refractivity (Wildman–Crippen MR) is 97.4 cm³/mol. The molecule has 1 aromatic heterocycles. The summed E-state index contributed by atoms with van der Waals surface area (Å²) < 4.78 is 8.08. The number of ether oxygens (including phenoxy) is 1. The van der Waals surface area contributed by atoms with Gasteiger partial charge in [0.25, 0.3) is 5.91 Å². The number of rotatable bonds is 4. The lowest BCUT2D eigenvalue weighted by atomic mass is 10.0. The van der Waals surface area contributed by atoms with E-state index in [4.69, 9.17) is 4.74 Å². The van der Waals surface area contributed by atoms with Gasteiger partial charge in [-0.05, 0) is 31.4 Å². The molecule has 0 unspecified atom stereocenters. The zero-order valence-corrected chi connectivity index (χ0v) is 15.4. The van der Waals surface area contributed by atoms with E-state index in [1.54, 1.807) is 16.9 Å². The number of carbonyl (C=O) groups excluding carboxylic acids is 1. The van der Waals surface area contributed by atoms with Crippen LogP contribution in [0.2, 0.25) is 0 Å². The minimum Gasteiger partial charge on any atom is -0.366 e. The van der Waals surface area contributed by atoms with Crippen LogP contribution in [0.5, 0.6) is 0 Å². The number of benzene rings is 1. The van der Waals surface area contributed by atoms with Gasteiger partial charge in [-0.25, -0.2) is 0 Å². The van der Waals surface area contributed by atoms with E-state index >= 15 is 0 Å². The Bertz CT molecular complexity index is 709. The highest BCUT2D eigenvalue weighted by molar-refractivity contribution is 5.92. The number of nitrogens with zero attached hydrogens (tertiary/aromatic N) is 3. The van der Waals surface area contributed by atoms with E-state index in [0.29, 0.717) is 24.7 Å². The van der Waals surface area contributed by atoms with Crippen LogP contribution in [0.4, 0.5) is 0 Å². The van der Waals surface area contributed by atoms with E-state index in [-0.39, 0.29) is 24.2 Å². The number of carbonyl (C=O) groups is 1. The van der Waals surface area contributed by atoms with Gasteiger partial charge >= 0.3 is 0 Å². The van der Waals surface area contributed by atoms with Crippen LogP contribution in [-0.4, -0.2) is 39.8 Å². The standard InChI is InChI=1S/C20H27N3O2/c1-14(2)18-12-22(13-19(25-18)16-8-6-5-7-9-16)20(24)17-10-11-21-23(17)15(3)4/h5-11,14-15,18-19H,12-13H2,1-4H3/t18-,19+/m1/s1. The van der Waals surface area contributed by atoms with Crippen LogP contribution < -0.4 is 0 Å². The first-order valence-corrected chi connectivity index (χ1v) is 9.00. The smallest absolute Gasteiger partial charge is 0.272 e. The Kier molecular flexibility index (Phi) is 5.23. The molecule has 0 bridgehead atoms. The Balaban J connectivity index is 1.86. The maximum absolute atomic E-state index is 13.1. The summed E-state index contributed by atoms with van der Waals surface area (Å²) in [6, 6.07) is 12.1. The summed E-state index contributed by atoms with van der Waals surface area (Å²) in [7, 11) is 0. The third kappa shape index (κ3) is 3.76. The maximum Gasteiger partial charge on any atom is 0.272 e. The number of morpholine rings is 1. The SMILES string of the molecule is CC(C)[C@H]1CN(C(=O)c2ccnn2C(C)C)C[C@@H](c2ccccc2)O1. The Morgan fingerprint density at radius 1 is 1.12 bits per heavy atom. The molecule has 2 heterocycles. The predicted octanol–water partition coefficient (Wildman–Crippen LogP) is 3.70. The molecule has 1 fully saturated rings. The summed E-state index contributed by atoms with van der Waals surface area (Å²) in [5, 5.41) is 4.30. The van der Waals surface area contributed by atoms with Gasteiger partial charge in [-0.2, -0.15) is 5.10 Å². The zero-order chi connectivity index (χ0) is 18.0. The second kappa shape index (κ2) is 7.40. The van der Waals surface area contributed by atoms with Crippen molar-refractivity contribution in [2.75, 3.05) is 13.1 Å². The molecule has 1 saturated heterocycles. The molecule has 5 heteroatoms. The van der Waals surface area contributed by atoms with E-state index in [2.05, 4.69) is 31.1 Å².